The largest absolute Gasteiger partial charge is 0.416 e. The van der Waals surface area contributed by atoms with Crippen molar-refractivity contribution in [1.29, 1.82) is 0 Å². The summed E-state index contributed by atoms with van der Waals surface area (Å²) in [6.07, 6.45) is 4.35. The predicted octanol–water partition coefficient (Wildman–Crippen LogP) is 5.79. The van der Waals surface area contributed by atoms with E-state index in [2.05, 4.69) is 30.5 Å². The highest BCUT2D eigenvalue weighted by Crippen LogP contribution is 2.36. The van der Waals surface area contributed by atoms with E-state index in [1.165, 1.54) is 24.2 Å². The van der Waals surface area contributed by atoms with Crippen molar-refractivity contribution in [2.75, 3.05) is 13.1 Å². The van der Waals surface area contributed by atoms with Crippen LogP contribution in [0.4, 0.5) is 13.2 Å². The van der Waals surface area contributed by atoms with E-state index in [4.69, 9.17) is 0 Å². The van der Waals surface area contributed by atoms with Gasteiger partial charge in [-0.05, 0) is 55.8 Å². The van der Waals surface area contributed by atoms with Crippen molar-refractivity contribution in [1.82, 2.24) is 24.4 Å². The molecule has 0 aliphatic carbocycles. The Bertz CT molecular complexity index is 1210. The molecule has 170 valence electrons. The number of nitrogens with zero attached hydrogens (tertiary/aromatic N) is 5. The first-order chi connectivity index (χ1) is 16.0. The van der Waals surface area contributed by atoms with Crippen LogP contribution in [0.3, 0.4) is 0 Å². The number of hydrogen-bond acceptors (Lipinski definition) is 5. The Kier molecular flexibility index (Phi) is 5.99. The highest BCUT2D eigenvalue weighted by molar-refractivity contribution is 7.12. The molecule has 0 saturated carbocycles. The maximum atomic E-state index is 13.2. The molecule has 0 unspecified atom stereocenters. The molecule has 0 radical (unpaired) electrons. The van der Waals surface area contributed by atoms with Gasteiger partial charge in [0.15, 0.2) is 5.13 Å². The molecule has 0 atom stereocenters. The van der Waals surface area contributed by atoms with Crippen LogP contribution >= 0.6 is 11.3 Å². The molecule has 1 aliphatic heterocycles. The lowest BCUT2D eigenvalue weighted by atomic mass is 9.88. The fourth-order valence-corrected chi connectivity index (χ4v) is 5.07. The smallest absolute Gasteiger partial charge is 0.298 e. The Morgan fingerprint density at radius 2 is 1.91 bits per heavy atom. The molecule has 5 rings (SSSR count). The molecule has 1 saturated heterocycles. The lowest BCUT2D eigenvalue weighted by Gasteiger charge is -2.32. The summed E-state index contributed by atoms with van der Waals surface area (Å²) in [5.74, 6) is 0.180. The van der Waals surface area contributed by atoms with Gasteiger partial charge in [-0.15, -0.1) is 11.3 Å². The summed E-state index contributed by atoms with van der Waals surface area (Å²) in [7, 11) is 0. The van der Waals surface area contributed by atoms with Gasteiger partial charge in [0.05, 0.1) is 11.3 Å². The molecule has 33 heavy (non-hydrogen) atoms. The summed E-state index contributed by atoms with van der Waals surface area (Å²) in [6.45, 7) is 2.60. The fraction of sp³-hybridized carbons (Fsp3) is 0.292. The molecule has 0 spiro atoms. The average molecular weight is 470 g/mol. The van der Waals surface area contributed by atoms with Gasteiger partial charge in [-0.25, -0.2) is 15.0 Å². The van der Waals surface area contributed by atoms with E-state index < -0.39 is 11.7 Å². The summed E-state index contributed by atoms with van der Waals surface area (Å²) in [4.78, 5) is 15.4. The first-order valence-corrected chi connectivity index (χ1v) is 11.6. The Morgan fingerprint density at radius 3 is 2.67 bits per heavy atom. The Labute approximate surface area is 193 Å². The standard InChI is InChI=1S/C24H22F3N5S/c25-24(26,27)19-4-1-3-18(13-19)21-14-28-16-30-22(21)17-6-10-31(11-7-17)15-20-5-2-9-32(20)23-29-8-12-33-23/h1-5,8-9,12-14,16-17H,6-7,10-11,15H2. The number of halogens is 3. The number of rotatable bonds is 5. The van der Waals surface area contributed by atoms with E-state index in [0.29, 0.717) is 11.1 Å². The Hall–Kier alpha value is -3.04. The van der Waals surface area contributed by atoms with Crippen LogP contribution in [-0.4, -0.2) is 37.5 Å². The van der Waals surface area contributed by atoms with Crippen molar-refractivity contribution in [2.24, 2.45) is 0 Å². The van der Waals surface area contributed by atoms with Crippen molar-refractivity contribution < 1.29 is 13.2 Å². The number of likely N-dealkylation sites (tertiary alicyclic amines) is 1. The van der Waals surface area contributed by atoms with Gasteiger partial charge in [0.2, 0.25) is 0 Å². The minimum Gasteiger partial charge on any atom is -0.298 e. The van der Waals surface area contributed by atoms with Crippen LogP contribution in [0, 0.1) is 0 Å². The SMILES string of the molecule is FC(F)(F)c1cccc(-c2cncnc2C2CCN(Cc3cccn3-c3nccs3)CC2)c1. The molecular weight excluding hydrogens is 447 g/mol. The van der Waals surface area contributed by atoms with Crippen LogP contribution in [0.15, 0.2) is 66.7 Å². The molecule has 4 heterocycles. The van der Waals surface area contributed by atoms with Gasteiger partial charge in [0.1, 0.15) is 6.33 Å². The second-order valence-electron chi connectivity index (χ2n) is 8.13. The third kappa shape index (κ3) is 4.69. The fourth-order valence-electron chi connectivity index (χ4n) is 4.41. The summed E-state index contributed by atoms with van der Waals surface area (Å²) >= 11 is 1.61. The van der Waals surface area contributed by atoms with Crippen LogP contribution < -0.4 is 0 Å². The summed E-state index contributed by atoms with van der Waals surface area (Å²) in [5, 5.41) is 2.92. The van der Waals surface area contributed by atoms with E-state index in [-0.39, 0.29) is 5.92 Å². The third-order valence-electron chi connectivity index (χ3n) is 6.06. The van der Waals surface area contributed by atoms with E-state index >= 15 is 0 Å². The van der Waals surface area contributed by atoms with Crippen LogP contribution in [0.5, 0.6) is 0 Å². The molecule has 0 bridgehead atoms. The predicted molar refractivity (Wildman–Crippen MR) is 121 cm³/mol. The lowest BCUT2D eigenvalue weighted by Crippen LogP contribution is -2.33. The van der Waals surface area contributed by atoms with Gasteiger partial charge in [-0.1, -0.05) is 12.1 Å². The summed E-state index contributed by atoms with van der Waals surface area (Å²) in [6, 6.07) is 9.56. The van der Waals surface area contributed by atoms with E-state index in [1.54, 1.807) is 29.8 Å². The molecule has 1 aliphatic rings. The lowest BCUT2D eigenvalue weighted by molar-refractivity contribution is -0.137. The maximum absolute atomic E-state index is 13.2. The van der Waals surface area contributed by atoms with Crippen LogP contribution in [0.2, 0.25) is 0 Å². The number of hydrogen-bond donors (Lipinski definition) is 0. The maximum Gasteiger partial charge on any atom is 0.416 e. The number of thiazole rings is 1. The van der Waals surface area contributed by atoms with Crippen molar-refractivity contribution in [2.45, 2.75) is 31.5 Å². The summed E-state index contributed by atoms with van der Waals surface area (Å²) < 4.78 is 41.8. The minimum atomic E-state index is -4.38. The van der Waals surface area contributed by atoms with Gasteiger partial charge in [0.25, 0.3) is 0 Å². The molecule has 3 aromatic heterocycles. The topological polar surface area (TPSA) is 46.8 Å². The third-order valence-corrected chi connectivity index (χ3v) is 6.83. The quantitative estimate of drug-likeness (QED) is 0.371. The van der Waals surface area contributed by atoms with Crippen molar-refractivity contribution in [3.8, 4) is 16.3 Å². The molecule has 0 amide bonds. The number of benzene rings is 1. The zero-order valence-corrected chi connectivity index (χ0v) is 18.6. The van der Waals surface area contributed by atoms with Gasteiger partial charge in [-0.2, -0.15) is 13.2 Å². The van der Waals surface area contributed by atoms with Gasteiger partial charge in [0, 0.05) is 47.7 Å². The minimum absolute atomic E-state index is 0.180. The van der Waals surface area contributed by atoms with Crippen molar-refractivity contribution in [3.05, 3.63) is 83.6 Å². The normalized spacial score (nSPS) is 15.7. The first-order valence-electron chi connectivity index (χ1n) is 10.7. The molecule has 1 aromatic carbocycles. The van der Waals surface area contributed by atoms with Crippen LogP contribution in [0.25, 0.3) is 16.3 Å². The van der Waals surface area contributed by atoms with Crippen molar-refractivity contribution in [3.63, 3.8) is 0 Å². The summed E-state index contributed by atoms with van der Waals surface area (Å²) in [5.41, 5.74) is 2.54. The molecule has 0 N–H and O–H groups in total. The second kappa shape index (κ2) is 9.07. The number of piperidine rings is 1. The molecule has 5 nitrogen and oxygen atoms in total. The highest BCUT2D eigenvalue weighted by Gasteiger charge is 2.31. The first kappa shape index (κ1) is 21.8. The molecular formula is C24H22F3N5S. The van der Waals surface area contributed by atoms with E-state index in [9.17, 15) is 13.2 Å². The van der Waals surface area contributed by atoms with E-state index in [1.807, 2.05) is 17.6 Å². The molecule has 4 aromatic rings. The Morgan fingerprint density at radius 1 is 1.06 bits per heavy atom. The van der Waals surface area contributed by atoms with Gasteiger partial charge in [-0.3, -0.25) is 9.47 Å². The number of alkyl halides is 3. The molecule has 9 heteroatoms. The zero-order valence-electron chi connectivity index (χ0n) is 17.7. The molecule has 1 fully saturated rings. The monoisotopic (exact) mass is 469 g/mol. The van der Waals surface area contributed by atoms with Gasteiger partial charge < -0.3 is 0 Å². The van der Waals surface area contributed by atoms with Crippen molar-refractivity contribution >= 4 is 11.3 Å². The Balaban J connectivity index is 1.31. The highest BCUT2D eigenvalue weighted by atomic mass is 32.1. The van der Waals surface area contributed by atoms with Crippen LogP contribution in [0.1, 0.15) is 35.7 Å². The van der Waals surface area contributed by atoms with E-state index in [0.717, 1.165) is 49.4 Å². The van der Waals surface area contributed by atoms with Gasteiger partial charge >= 0.3 is 6.18 Å². The zero-order chi connectivity index (χ0) is 22.8. The van der Waals surface area contributed by atoms with Crippen LogP contribution in [-0.2, 0) is 12.7 Å². The average Bonchev–Trinajstić information content (AvgIpc) is 3.51. The second-order valence-corrected chi connectivity index (χ2v) is 9.01. The number of aromatic nitrogens is 4.